The van der Waals surface area contributed by atoms with Crippen molar-refractivity contribution >= 4 is 61.3 Å². The maximum Gasteiger partial charge on any atom is 0.268 e. The molecule has 0 aliphatic rings. The Labute approximate surface area is 178 Å². The van der Waals surface area contributed by atoms with Crippen molar-refractivity contribution in [3.05, 3.63) is 51.2 Å². The number of rotatable bonds is 7. The summed E-state index contributed by atoms with van der Waals surface area (Å²) in [5.41, 5.74) is 7.13. The van der Waals surface area contributed by atoms with Crippen molar-refractivity contribution in [2.24, 2.45) is 7.05 Å². The fourth-order valence-corrected chi connectivity index (χ4v) is 3.17. The standard InChI is InChI=1S/C17H18Br2N8O/c1-27-12(9-11(18)13(27)19)14(28)21-7-8-22-16-24-15(20)25-17(26-16)23-10-5-3-2-4-6-10/h2-6,9H,7-8H2,1H3,(H,21,28)(H4,20,22,23,24,25,26). The van der Waals surface area contributed by atoms with E-state index in [1.165, 1.54) is 0 Å². The Morgan fingerprint density at radius 3 is 2.50 bits per heavy atom. The van der Waals surface area contributed by atoms with E-state index in [4.69, 9.17) is 5.73 Å². The molecule has 0 bridgehead atoms. The van der Waals surface area contributed by atoms with Gasteiger partial charge in [-0.2, -0.15) is 15.0 Å². The van der Waals surface area contributed by atoms with Gasteiger partial charge in [0.2, 0.25) is 17.8 Å². The van der Waals surface area contributed by atoms with Gasteiger partial charge in [-0.3, -0.25) is 4.79 Å². The lowest BCUT2D eigenvalue weighted by Crippen LogP contribution is -2.30. The molecule has 1 aromatic carbocycles. The van der Waals surface area contributed by atoms with Crippen LogP contribution in [-0.2, 0) is 7.05 Å². The summed E-state index contributed by atoms with van der Waals surface area (Å²) in [6.45, 7) is 0.805. The van der Waals surface area contributed by atoms with Crippen molar-refractivity contribution < 1.29 is 4.79 Å². The quantitative estimate of drug-likeness (QED) is 0.361. The summed E-state index contributed by atoms with van der Waals surface area (Å²) in [5.74, 6) is 0.573. The maximum atomic E-state index is 12.3. The van der Waals surface area contributed by atoms with Gasteiger partial charge in [0.05, 0.1) is 9.08 Å². The number of carbonyl (C=O) groups is 1. The SMILES string of the molecule is Cn1c(C(=O)NCCNc2nc(N)nc(Nc3ccccc3)n2)cc(Br)c1Br. The van der Waals surface area contributed by atoms with Crippen molar-refractivity contribution in [1.29, 1.82) is 0 Å². The highest BCUT2D eigenvalue weighted by Gasteiger charge is 2.14. The molecule has 0 unspecified atom stereocenters. The summed E-state index contributed by atoms with van der Waals surface area (Å²) in [5, 5.41) is 8.93. The van der Waals surface area contributed by atoms with Crippen molar-refractivity contribution in [3.8, 4) is 0 Å². The molecule has 5 N–H and O–H groups in total. The minimum absolute atomic E-state index is 0.0958. The summed E-state index contributed by atoms with van der Waals surface area (Å²) in [4.78, 5) is 24.7. The number of nitrogens with one attached hydrogen (secondary N) is 3. The first kappa shape index (κ1) is 20.1. The highest BCUT2D eigenvalue weighted by atomic mass is 79.9. The van der Waals surface area contributed by atoms with Crippen LogP contribution in [0.25, 0.3) is 0 Å². The number of nitrogen functional groups attached to an aromatic ring is 1. The van der Waals surface area contributed by atoms with Crippen LogP contribution in [0, 0.1) is 0 Å². The highest BCUT2D eigenvalue weighted by molar-refractivity contribution is 9.13. The molecule has 11 heteroatoms. The predicted octanol–water partition coefficient (Wildman–Crippen LogP) is 2.90. The number of para-hydroxylation sites is 1. The Hall–Kier alpha value is -2.66. The molecule has 0 atom stereocenters. The van der Waals surface area contributed by atoms with Crippen LogP contribution in [0.1, 0.15) is 10.5 Å². The number of carbonyl (C=O) groups excluding carboxylic acids is 1. The summed E-state index contributed by atoms with van der Waals surface area (Å²) in [6, 6.07) is 11.3. The number of anilines is 4. The molecule has 0 saturated heterocycles. The molecule has 2 aromatic heterocycles. The summed E-state index contributed by atoms with van der Waals surface area (Å²) >= 11 is 6.79. The second-order valence-electron chi connectivity index (χ2n) is 5.74. The molecule has 3 rings (SSSR count). The molecule has 28 heavy (non-hydrogen) atoms. The van der Waals surface area contributed by atoms with Gasteiger partial charge in [-0.05, 0) is 50.1 Å². The normalized spacial score (nSPS) is 10.5. The Morgan fingerprint density at radius 2 is 1.82 bits per heavy atom. The zero-order valence-corrected chi connectivity index (χ0v) is 18.1. The van der Waals surface area contributed by atoms with E-state index in [1.807, 2.05) is 30.3 Å². The molecule has 0 fully saturated rings. The Morgan fingerprint density at radius 1 is 1.11 bits per heavy atom. The van der Waals surface area contributed by atoms with Gasteiger partial charge in [0, 0.05) is 25.8 Å². The van der Waals surface area contributed by atoms with Gasteiger partial charge in [-0.15, -0.1) is 0 Å². The Balaban J connectivity index is 1.54. The van der Waals surface area contributed by atoms with Crippen LogP contribution in [0.4, 0.5) is 23.5 Å². The smallest absolute Gasteiger partial charge is 0.268 e. The zero-order chi connectivity index (χ0) is 20.1. The van der Waals surface area contributed by atoms with E-state index in [0.29, 0.717) is 30.7 Å². The van der Waals surface area contributed by atoms with E-state index in [9.17, 15) is 4.79 Å². The van der Waals surface area contributed by atoms with Crippen molar-refractivity contribution in [1.82, 2.24) is 24.8 Å². The highest BCUT2D eigenvalue weighted by Crippen LogP contribution is 2.26. The number of nitrogens with two attached hydrogens (primary N) is 1. The average molecular weight is 510 g/mol. The first-order valence-electron chi connectivity index (χ1n) is 8.30. The van der Waals surface area contributed by atoms with Crippen LogP contribution in [0.15, 0.2) is 45.5 Å². The number of hydrogen-bond donors (Lipinski definition) is 4. The third-order valence-corrected chi connectivity index (χ3v) is 5.82. The van der Waals surface area contributed by atoms with Gasteiger partial charge in [-0.25, -0.2) is 0 Å². The first-order valence-corrected chi connectivity index (χ1v) is 9.89. The van der Waals surface area contributed by atoms with E-state index in [0.717, 1.165) is 14.8 Å². The van der Waals surface area contributed by atoms with E-state index in [1.54, 1.807) is 17.7 Å². The van der Waals surface area contributed by atoms with Gasteiger partial charge >= 0.3 is 0 Å². The molecule has 0 spiro atoms. The molecule has 1 amide bonds. The molecule has 0 radical (unpaired) electrons. The number of aromatic nitrogens is 4. The van der Waals surface area contributed by atoms with Gasteiger partial charge in [0.25, 0.3) is 5.91 Å². The molecule has 0 saturated carbocycles. The van der Waals surface area contributed by atoms with Crippen LogP contribution in [0.2, 0.25) is 0 Å². The van der Waals surface area contributed by atoms with Crippen LogP contribution in [0.5, 0.6) is 0 Å². The lowest BCUT2D eigenvalue weighted by atomic mass is 10.3. The maximum absolute atomic E-state index is 12.3. The summed E-state index contributed by atoms with van der Waals surface area (Å²) in [7, 11) is 1.80. The second kappa shape index (κ2) is 9.02. The predicted molar refractivity (Wildman–Crippen MR) is 116 cm³/mol. The molecule has 3 aromatic rings. The van der Waals surface area contributed by atoms with Gasteiger partial charge in [-0.1, -0.05) is 18.2 Å². The fraction of sp³-hybridized carbons (Fsp3) is 0.176. The number of benzene rings is 1. The molecule has 146 valence electrons. The second-order valence-corrected chi connectivity index (χ2v) is 7.35. The van der Waals surface area contributed by atoms with Gasteiger partial charge < -0.3 is 26.3 Å². The van der Waals surface area contributed by atoms with Crippen LogP contribution >= 0.6 is 31.9 Å². The van der Waals surface area contributed by atoms with Crippen molar-refractivity contribution in [3.63, 3.8) is 0 Å². The Bertz CT molecular complexity index is 977. The molecule has 9 nitrogen and oxygen atoms in total. The van der Waals surface area contributed by atoms with E-state index >= 15 is 0 Å². The van der Waals surface area contributed by atoms with Crippen molar-refractivity contribution in [2.75, 3.05) is 29.5 Å². The lowest BCUT2D eigenvalue weighted by Gasteiger charge is -2.10. The number of halogens is 2. The molecule has 0 aliphatic carbocycles. The number of nitrogens with zero attached hydrogens (tertiary/aromatic N) is 4. The topological polar surface area (TPSA) is 123 Å². The van der Waals surface area contributed by atoms with Gasteiger partial charge in [0.1, 0.15) is 5.69 Å². The van der Waals surface area contributed by atoms with Crippen molar-refractivity contribution in [2.45, 2.75) is 0 Å². The van der Waals surface area contributed by atoms with Crippen LogP contribution in [-0.4, -0.2) is 38.5 Å². The molecule has 2 heterocycles. The minimum atomic E-state index is -0.183. The average Bonchev–Trinajstić information content (AvgIpc) is 2.93. The molecule has 0 aliphatic heterocycles. The Kier molecular flexibility index (Phi) is 6.47. The minimum Gasteiger partial charge on any atom is -0.368 e. The largest absolute Gasteiger partial charge is 0.368 e. The van der Waals surface area contributed by atoms with Crippen LogP contribution in [0.3, 0.4) is 0 Å². The summed E-state index contributed by atoms with van der Waals surface area (Å²) < 4.78 is 3.37. The van der Waals surface area contributed by atoms with E-state index in [-0.39, 0.29) is 11.9 Å². The lowest BCUT2D eigenvalue weighted by molar-refractivity contribution is 0.0947. The van der Waals surface area contributed by atoms with Gasteiger partial charge in [0.15, 0.2) is 0 Å². The summed E-state index contributed by atoms with van der Waals surface area (Å²) in [6.07, 6.45) is 0. The molecular weight excluding hydrogens is 492 g/mol. The monoisotopic (exact) mass is 508 g/mol. The van der Waals surface area contributed by atoms with E-state index < -0.39 is 0 Å². The number of hydrogen-bond acceptors (Lipinski definition) is 7. The first-order chi connectivity index (χ1) is 13.4. The zero-order valence-electron chi connectivity index (χ0n) is 14.9. The number of amides is 1. The third kappa shape index (κ3) is 4.98. The van der Waals surface area contributed by atoms with E-state index in [2.05, 4.69) is 62.8 Å². The fourth-order valence-electron chi connectivity index (χ4n) is 2.38. The third-order valence-electron chi connectivity index (χ3n) is 3.73. The van der Waals surface area contributed by atoms with Crippen LogP contribution < -0.4 is 21.7 Å². The molecular formula is C17H18Br2N8O.